The van der Waals surface area contributed by atoms with Gasteiger partial charge in [0.05, 0.1) is 13.1 Å². The lowest BCUT2D eigenvalue weighted by Crippen LogP contribution is -2.48. The Morgan fingerprint density at radius 1 is 0.966 bits per heavy atom. The number of benzene rings is 2. The Labute approximate surface area is 173 Å². The van der Waals surface area contributed by atoms with Gasteiger partial charge in [0.2, 0.25) is 5.91 Å². The molecule has 0 aliphatic rings. The molecule has 0 spiro atoms. The van der Waals surface area contributed by atoms with E-state index in [-0.39, 0.29) is 18.0 Å². The van der Waals surface area contributed by atoms with Gasteiger partial charge in [-0.2, -0.15) is 0 Å². The zero-order chi connectivity index (χ0) is 21.1. The number of para-hydroxylation sites is 1. The number of aliphatic imine (C=N–C) groups is 1. The van der Waals surface area contributed by atoms with E-state index in [9.17, 15) is 4.79 Å². The quantitative estimate of drug-likeness (QED) is 0.473. The summed E-state index contributed by atoms with van der Waals surface area (Å²) in [6.07, 6.45) is 0. The second-order valence-electron chi connectivity index (χ2n) is 7.77. The van der Waals surface area contributed by atoms with E-state index < -0.39 is 0 Å². The zero-order valence-electron chi connectivity index (χ0n) is 17.8. The van der Waals surface area contributed by atoms with Crippen LogP contribution in [0.2, 0.25) is 0 Å². The standard InChI is InChI=1S/C23H32N4O2/c1-5-24-22(26-16-21(28)27-23(2,3)4)25-15-18-11-13-19(14-12-18)17-29-20-9-7-6-8-10-20/h6-14H,5,15-17H2,1-4H3,(H,27,28)(H2,24,25,26). The molecule has 6 heteroatoms. The van der Waals surface area contributed by atoms with Gasteiger partial charge in [-0.1, -0.05) is 42.5 Å². The first kappa shape index (κ1) is 22.3. The smallest absolute Gasteiger partial charge is 0.239 e. The Kier molecular flexibility index (Phi) is 8.52. The highest BCUT2D eigenvalue weighted by molar-refractivity contribution is 5.86. The van der Waals surface area contributed by atoms with Gasteiger partial charge in [0.1, 0.15) is 12.4 Å². The van der Waals surface area contributed by atoms with Crippen LogP contribution in [0.3, 0.4) is 0 Å². The first-order chi connectivity index (χ1) is 13.9. The van der Waals surface area contributed by atoms with E-state index in [0.29, 0.717) is 19.1 Å². The molecule has 0 fully saturated rings. The molecule has 0 heterocycles. The number of guanidine groups is 1. The maximum Gasteiger partial charge on any atom is 0.239 e. The molecule has 1 amide bonds. The lowest BCUT2D eigenvalue weighted by atomic mass is 10.1. The van der Waals surface area contributed by atoms with E-state index in [2.05, 4.69) is 20.9 Å². The number of hydrogen-bond donors (Lipinski definition) is 3. The molecule has 0 bridgehead atoms. The molecule has 29 heavy (non-hydrogen) atoms. The third-order valence-corrected chi connectivity index (χ3v) is 3.87. The molecule has 0 saturated carbocycles. The van der Waals surface area contributed by atoms with Crippen molar-refractivity contribution in [3.63, 3.8) is 0 Å². The summed E-state index contributed by atoms with van der Waals surface area (Å²) in [4.78, 5) is 16.5. The summed E-state index contributed by atoms with van der Waals surface area (Å²) in [5.74, 6) is 1.41. The number of rotatable bonds is 8. The van der Waals surface area contributed by atoms with Gasteiger partial charge in [-0.3, -0.25) is 4.79 Å². The number of nitrogens with zero attached hydrogens (tertiary/aromatic N) is 1. The Balaban J connectivity index is 1.85. The van der Waals surface area contributed by atoms with Crippen LogP contribution < -0.4 is 20.7 Å². The van der Waals surface area contributed by atoms with Crippen molar-refractivity contribution in [3.8, 4) is 5.75 Å². The van der Waals surface area contributed by atoms with Crippen molar-refractivity contribution in [2.24, 2.45) is 4.99 Å². The minimum Gasteiger partial charge on any atom is -0.489 e. The monoisotopic (exact) mass is 396 g/mol. The summed E-state index contributed by atoms with van der Waals surface area (Å²) in [6, 6.07) is 18.0. The van der Waals surface area contributed by atoms with Crippen molar-refractivity contribution < 1.29 is 9.53 Å². The molecule has 0 atom stereocenters. The fourth-order valence-corrected chi connectivity index (χ4v) is 2.56. The molecule has 0 radical (unpaired) electrons. The lowest BCUT2D eigenvalue weighted by Gasteiger charge is -2.21. The highest BCUT2D eigenvalue weighted by Gasteiger charge is 2.13. The van der Waals surface area contributed by atoms with Crippen LogP contribution >= 0.6 is 0 Å². The molecule has 2 aromatic rings. The van der Waals surface area contributed by atoms with Crippen LogP contribution in [0.5, 0.6) is 5.75 Å². The average Bonchev–Trinajstić information content (AvgIpc) is 2.69. The van der Waals surface area contributed by atoms with Gasteiger partial charge in [0.15, 0.2) is 5.96 Å². The Hall–Kier alpha value is -3.02. The van der Waals surface area contributed by atoms with Gasteiger partial charge in [0.25, 0.3) is 0 Å². The molecular weight excluding hydrogens is 364 g/mol. The number of nitrogens with one attached hydrogen (secondary N) is 3. The van der Waals surface area contributed by atoms with Gasteiger partial charge in [-0.25, -0.2) is 4.99 Å². The highest BCUT2D eigenvalue weighted by atomic mass is 16.5. The third-order valence-electron chi connectivity index (χ3n) is 3.87. The number of carbonyl (C=O) groups is 1. The molecule has 156 valence electrons. The van der Waals surface area contributed by atoms with E-state index in [1.807, 2.05) is 82.3 Å². The number of hydrogen-bond acceptors (Lipinski definition) is 3. The first-order valence-electron chi connectivity index (χ1n) is 9.94. The lowest BCUT2D eigenvalue weighted by molar-refractivity contribution is -0.121. The third kappa shape index (κ3) is 9.14. The van der Waals surface area contributed by atoms with Crippen molar-refractivity contribution in [1.82, 2.24) is 16.0 Å². The van der Waals surface area contributed by atoms with E-state index in [1.165, 1.54) is 0 Å². The van der Waals surface area contributed by atoms with Crippen LogP contribution in [-0.2, 0) is 17.9 Å². The maximum absolute atomic E-state index is 12.0. The van der Waals surface area contributed by atoms with E-state index >= 15 is 0 Å². The van der Waals surface area contributed by atoms with Crippen molar-refractivity contribution in [2.75, 3.05) is 13.1 Å². The molecule has 0 aliphatic heterocycles. The Bertz CT molecular complexity index is 781. The highest BCUT2D eigenvalue weighted by Crippen LogP contribution is 2.12. The average molecular weight is 397 g/mol. The summed E-state index contributed by atoms with van der Waals surface area (Å²) in [5.41, 5.74) is 1.94. The van der Waals surface area contributed by atoms with Gasteiger partial charge in [0, 0.05) is 12.1 Å². The van der Waals surface area contributed by atoms with Crippen LogP contribution in [-0.4, -0.2) is 30.5 Å². The van der Waals surface area contributed by atoms with Gasteiger partial charge in [-0.15, -0.1) is 0 Å². The number of amides is 1. The second-order valence-corrected chi connectivity index (χ2v) is 7.77. The second kappa shape index (κ2) is 11.1. The van der Waals surface area contributed by atoms with Crippen molar-refractivity contribution in [1.29, 1.82) is 0 Å². The van der Waals surface area contributed by atoms with Crippen LogP contribution in [0, 0.1) is 0 Å². The summed E-state index contributed by atoms with van der Waals surface area (Å²) in [7, 11) is 0. The molecule has 6 nitrogen and oxygen atoms in total. The topological polar surface area (TPSA) is 74.8 Å². The number of carbonyl (C=O) groups excluding carboxylic acids is 1. The summed E-state index contributed by atoms with van der Waals surface area (Å²) in [5, 5.41) is 9.15. The van der Waals surface area contributed by atoms with Crippen LogP contribution in [0.25, 0.3) is 0 Å². The Morgan fingerprint density at radius 3 is 2.24 bits per heavy atom. The Morgan fingerprint density at radius 2 is 1.62 bits per heavy atom. The fraction of sp³-hybridized carbons (Fsp3) is 0.391. The minimum atomic E-state index is -0.250. The molecule has 2 rings (SSSR count). The SMILES string of the molecule is CCNC(=NCc1ccc(COc2ccccc2)cc1)NCC(=O)NC(C)(C)C. The molecule has 0 unspecified atom stereocenters. The predicted octanol–water partition coefficient (Wildman–Crippen LogP) is 3.24. The zero-order valence-corrected chi connectivity index (χ0v) is 17.8. The number of ether oxygens (including phenoxy) is 1. The minimum absolute atomic E-state index is 0.0640. The maximum atomic E-state index is 12.0. The molecule has 2 aromatic carbocycles. The first-order valence-corrected chi connectivity index (χ1v) is 9.94. The van der Waals surface area contributed by atoms with E-state index in [0.717, 1.165) is 23.4 Å². The van der Waals surface area contributed by atoms with Crippen LogP contribution in [0.1, 0.15) is 38.8 Å². The van der Waals surface area contributed by atoms with Crippen LogP contribution in [0.15, 0.2) is 59.6 Å². The molecule has 3 N–H and O–H groups in total. The molecule has 0 aromatic heterocycles. The van der Waals surface area contributed by atoms with Gasteiger partial charge >= 0.3 is 0 Å². The predicted molar refractivity (Wildman–Crippen MR) is 118 cm³/mol. The van der Waals surface area contributed by atoms with Gasteiger partial charge in [-0.05, 0) is 51.0 Å². The summed E-state index contributed by atoms with van der Waals surface area (Å²) >= 11 is 0. The molecule has 0 aliphatic carbocycles. The van der Waals surface area contributed by atoms with Crippen molar-refractivity contribution >= 4 is 11.9 Å². The normalized spacial score (nSPS) is 11.7. The fourth-order valence-electron chi connectivity index (χ4n) is 2.56. The molecule has 0 saturated heterocycles. The van der Waals surface area contributed by atoms with Crippen molar-refractivity contribution in [3.05, 3.63) is 65.7 Å². The summed E-state index contributed by atoms with van der Waals surface area (Å²) in [6.45, 7) is 9.82. The largest absolute Gasteiger partial charge is 0.489 e. The van der Waals surface area contributed by atoms with E-state index in [1.54, 1.807) is 0 Å². The van der Waals surface area contributed by atoms with Crippen molar-refractivity contribution in [2.45, 2.75) is 46.4 Å². The van der Waals surface area contributed by atoms with E-state index in [4.69, 9.17) is 4.74 Å². The molecular formula is C23H32N4O2. The van der Waals surface area contributed by atoms with Crippen LogP contribution in [0.4, 0.5) is 0 Å². The summed E-state index contributed by atoms with van der Waals surface area (Å²) < 4.78 is 5.77. The van der Waals surface area contributed by atoms with Gasteiger partial charge < -0.3 is 20.7 Å².